The highest BCUT2D eigenvalue weighted by atomic mass is 16.6. The molecule has 2 aliphatic rings. The third-order valence-electron chi connectivity index (χ3n) is 4.20. The Hall–Kier alpha value is -2.90. The van der Waals surface area contributed by atoms with Crippen molar-refractivity contribution in [2.24, 2.45) is 5.10 Å². The molecule has 1 fully saturated rings. The lowest BCUT2D eigenvalue weighted by Crippen LogP contribution is -2.49. The second-order valence-electron chi connectivity index (χ2n) is 6.01. The Morgan fingerprint density at radius 2 is 1.88 bits per heavy atom. The first-order valence-corrected chi connectivity index (χ1v) is 8.30. The van der Waals surface area contributed by atoms with Crippen LogP contribution in [-0.2, 0) is 9.59 Å². The summed E-state index contributed by atoms with van der Waals surface area (Å²) < 4.78 is 5.32. The molecule has 1 saturated heterocycles. The van der Waals surface area contributed by atoms with Crippen LogP contribution in [0.1, 0.15) is 25.7 Å². The lowest BCUT2D eigenvalue weighted by Gasteiger charge is -2.31. The van der Waals surface area contributed by atoms with E-state index in [1.807, 2.05) is 6.07 Å². The molecule has 0 spiro atoms. The van der Waals surface area contributed by atoms with Gasteiger partial charge in [-0.3, -0.25) is 9.59 Å². The number of carbonyl (C=O) groups is 3. The van der Waals surface area contributed by atoms with Gasteiger partial charge < -0.3 is 15.0 Å². The SMILES string of the molecule is O=C1CCC(C(=O)NC2CCN(C(=O)Oc3ccccc3)CC2)=NN1. The maximum atomic E-state index is 12.1. The van der Waals surface area contributed by atoms with E-state index in [1.165, 1.54) is 0 Å². The first kappa shape index (κ1) is 16.9. The van der Waals surface area contributed by atoms with Crippen LogP contribution in [-0.4, -0.2) is 47.7 Å². The summed E-state index contributed by atoms with van der Waals surface area (Å²) in [7, 11) is 0. The molecule has 132 valence electrons. The van der Waals surface area contributed by atoms with Crippen LogP contribution in [0.25, 0.3) is 0 Å². The van der Waals surface area contributed by atoms with Crippen LogP contribution in [0, 0.1) is 0 Å². The van der Waals surface area contributed by atoms with Crippen LogP contribution >= 0.6 is 0 Å². The van der Waals surface area contributed by atoms with Gasteiger partial charge in [0, 0.05) is 32.0 Å². The van der Waals surface area contributed by atoms with Gasteiger partial charge in [-0.15, -0.1) is 0 Å². The fraction of sp³-hybridized carbons (Fsp3) is 0.412. The summed E-state index contributed by atoms with van der Waals surface area (Å²) in [5, 5.41) is 6.70. The van der Waals surface area contributed by atoms with E-state index in [-0.39, 0.29) is 30.4 Å². The van der Waals surface area contributed by atoms with Crippen molar-refractivity contribution in [3.8, 4) is 5.75 Å². The minimum atomic E-state index is -0.379. The number of piperidine rings is 1. The van der Waals surface area contributed by atoms with E-state index in [9.17, 15) is 14.4 Å². The molecule has 25 heavy (non-hydrogen) atoms. The molecule has 0 bridgehead atoms. The predicted molar refractivity (Wildman–Crippen MR) is 90.0 cm³/mol. The molecule has 8 heteroatoms. The molecule has 1 aromatic rings. The van der Waals surface area contributed by atoms with Crippen molar-refractivity contribution in [1.82, 2.24) is 15.6 Å². The summed E-state index contributed by atoms with van der Waals surface area (Å²) in [5.41, 5.74) is 2.65. The van der Waals surface area contributed by atoms with Crippen LogP contribution in [0.3, 0.4) is 0 Å². The van der Waals surface area contributed by atoms with Crippen molar-refractivity contribution < 1.29 is 19.1 Å². The molecule has 0 saturated carbocycles. The number of hydrogen-bond donors (Lipinski definition) is 2. The Kier molecular flexibility index (Phi) is 5.27. The number of carbonyl (C=O) groups excluding carboxylic acids is 3. The molecule has 0 unspecified atom stereocenters. The summed E-state index contributed by atoms with van der Waals surface area (Å²) in [6.45, 7) is 1.03. The largest absolute Gasteiger partial charge is 0.415 e. The Morgan fingerprint density at radius 3 is 2.52 bits per heavy atom. The highest BCUT2D eigenvalue weighted by Crippen LogP contribution is 2.15. The molecule has 0 aliphatic carbocycles. The van der Waals surface area contributed by atoms with Crippen molar-refractivity contribution in [3.05, 3.63) is 30.3 Å². The second-order valence-corrected chi connectivity index (χ2v) is 6.01. The molecule has 3 amide bonds. The normalized spacial score (nSPS) is 18.2. The van der Waals surface area contributed by atoms with Gasteiger partial charge in [0.2, 0.25) is 5.91 Å². The Labute approximate surface area is 145 Å². The van der Waals surface area contributed by atoms with Gasteiger partial charge in [0.25, 0.3) is 5.91 Å². The summed E-state index contributed by atoms with van der Waals surface area (Å²) >= 11 is 0. The standard InChI is InChI=1S/C17H20N4O4/c22-15-7-6-14(19-20-15)16(23)18-12-8-10-21(11-9-12)17(24)25-13-4-2-1-3-5-13/h1-5,12H,6-11H2,(H,18,23)(H,20,22). The van der Waals surface area contributed by atoms with Crippen LogP contribution in [0.2, 0.25) is 0 Å². The summed E-state index contributed by atoms with van der Waals surface area (Å²) in [5.74, 6) is 0.0763. The zero-order valence-electron chi connectivity index (χ0n) is 13.7. The molecule has 3 rings (SSSR count). The number of nitrogens with one attached hydrogen (secondary N) is 2. The number of ether oxygens (including phenoxy) is 1. The second kappa shape index (κ2) is 7.78. The highest BCUT2D eigenvalue weighted by molar-refractivity contribution is 6.39. The smallest absolute Gasteiger partial charge is 0.410 e. The lowest BCUT2D eigenvalue weighted by atomic mass is 10.0. The van der Waals surface area contributed by atoms with Crippen molar-refractivity contribution in [2.75, 3.05) is 13.1 Å². The van der Waals surface area contributed by atoms with E-state index in [1.54, 1.807) is 29.2 Å². The third kappa shape index (κ3) is 4.56. The number of likely N-dealkylation sites (tertiary alicyclic amines) is 1. The summed E-state index contributed by atoms with van der Waals surface area (Å²) in [6.07, 6.45) is 1.54. The predicted octanol–water partition coefficient (Wildman–Crippen LogP) is 1.03. The van der Waals surface area contributed by atoms with Gasteiger partial charge in [0.1, 0.15) is 11.5 Å². The Balaban J connectivity index is 1.44. The monoisotopic (exact) mass is 344 g/mol. The van der Waals surface area contributed by atoms with Crippen molar-refractivity contribution >= 4 is 23.6 Å². The van der Waals surface area contributed by atoms with Crippen LogP contribution in [0.5, 0.6) is 5.75 Å². The first-order valence-electron chi connectivity index (χ1n) is 8.30. The van der Waals surface area contributed by atoms with Gasteiger partial charge in [-0.2, -0.15) is 5.10 Å². The molecule has 8 nitrogen and oxygen atoms in total. The number of para-hydroxylation sites is 1. The number of hydrogen-bond acceptors (Lipinski definition) is 5. The molecule has 2 aliphatic heterocycles. The molecule has 0 atom stereocenters. The number of hydrazone groups is 1. The molecular weight excluding hydrogens is 324 g/mol. The molecule has 2 N–H and O–H groups in total. The van der Waals surface area contributed by atoms with Gasteiger partial charge in [-0.1, -0.05) is 18.2 Å². The van der Waals surface area contributed by atoms with E-state index < -0.39 is 0 Å². The molecule has 0 radical (unpaired) electrons. The van der Waals surface area contributed by atoms with Crippen LogP contribution < -0.4 is 15.5 Å². The Morgan fingerprint density at radius 1 is 1.16 bits per heavy atom. The lowest BCUT2D eigenvalue weighted by molar-refractivity contribution is -0.121. The number of amides is 3. The van der Waals surface area contributed by atoms with Crippen molar-refractivity contribution in [1.29, 1.82) is 0 Å². The first-order chi connectivity index (χ1) is 12.1. The molecule has 1 aromatic carbocycles. The number of benzene rings is 1. The molecule has 2 heterocycles. The highest BCUT2D eigenvalue weighted by Gasteiger charge is 2.27. The van der Waals surface area contributed by atoms with Gasteiger partial charge in [-0.05, 0) is 25.0 Å². The summed E-state index contributed by atoms with van der Waals surface area (Å²) in [4.78, 5) is 36.9. The third-order valence-corrected chi connectivity index (χ3v) is 4.20. The zero-order valence-corrected chi connectivity index (χ0v) is 13.7. The van der Waals surface area contributed by atoms with E-state index in [4.69, 9.17) is 4.74 Å². The van der Waals surface area contributed by atoms with Crippen molar-refractivity contribution in [3.63, 3.8) is 0 Å². The summed E-state index contributed by atoms with van der Waals surface area (Å²) in [6, 6.07) is 8.91. The quantitative estimate of drug-likeness (QED) is 0.855. The maximum Gasteiger partial charge on any atom is 0.415 e. The average Bonchev–Trinajstić information content (AvgIpc) is 2.63. The molecule has 0 aromatic heterocycles. The zero-order chi connectivity index (χ0) is 17.6. The Bertz CT molecular complexity index is 681. The van der Waals surface area contributed by atoms with Crippen LogP contribution in [0.15, 0.2) is 35.4 Å². The fourth-order valence-electron chi connectivity index (χ4n) is 2.77. The number of rotatable bonds is 3. The van der Waals surface area contributed by atoms with Gasteiger partial charge in [0.15, 0.2) is 0 Å². The topological polar surface area (TPSA) is 100 Å². The van der Waals surface area contributed by atoms with Gasteiger partial charge in [0.05, 0.1) is 0 Å². The van der Waals surface area contributed by atoms with E-state index in [2.05, 4.69) is 15.8 Å². The fourth-order valence-corrected chi connectivity index (χ4v) is 2.77. The van der Waals surface area contributed by atoms with E-state index >= 15 is 0 Å². The van der Waals surface area contributed by atoms with Gasteiger partial charge >= 0.3 is 6.09 Å². The van der Waals surface area contributed by atoms with E-state index in [0.29, 0.717) is 43.8 Å². The van der Waals surface area contributed by atoms with Gasteiger partial charge in [-0.25, -0.2) is 10.2 Å². The average molecular weight is 344 g/mol. The minimum absolute atomic E-state index is 0.0198. The minimum Gasteiger partial charge on any atom is -0.410 e. The van der Waals surface area contributed by atoms with Crippen molar-refractivity contribution in [2.45, 2.75) is 31.7 Å². The van der Waals surface area contributed by atoms with Crippen LogP contribution in [0.4, 0.5) is 4.79 Å². The van der Waals surface area contributed by atoms with E-state index in [0.717, 1.165) is 0 Å². The maximum absolute atomic E-state index is 12.1. The number of nitrogens with zero attached hydrogens (tertiary/aromatic N) is 2. The molecular formula is C17H20N4O4.